The highest BCUT2D eigenvalue weighted by atomic mass is 16.1. The molecule has 0 saturated carbocycles. The van der Waals surface area contributed by atoms with E-state index < -0.39 is 0 Å². The van der Waals surface area contributed by atoms with Crippen molar-refractivity contribution in [1.82, 2.24) is 20.0 Å². The second kappa shape index (κ2) is 6.65. The van der Waals surface area contributed by atoms with E-state index in [1.165, 1.54) is 22.4 Å². The van der Waals surface area contributed by atoms with E-state index in [4.69, 9.17) is 5.73 Å². The lowest BCUT2D eigenvalue weighted by molar-refractivity contribution is -0.641. The van der Waals surface area contributed by atoms with Crippen molar-refractivity contribution in [1.29, 1.82) is 0 Å². The molecular weight excluding hydrogens is 364 g/mol. The van der Waals surface area contributed by atoms with Crippen molar-refractivity contribution in [2.45, 2.75) is 19.4 Å². The molecule has 1 aromatic carbocycles. The molecule has 144 valence electrons. The number of aromatic nitrogens is 3. The molecule has 7 heteroatoms. The van der Waals surface area contributed by atoms with Crippen molar-refractivity contribution in [2.75, 3.05) is 12.8 Å². The monoisotopic (exact) mass is 385 g/mol. The van der Waals surface area contributed by atoms with Crippen LogP contribution in [0, 0.1) is 0 Å². The van der Waals surface area contributed by atoms with Crippen molar-refractivity contribution in [2.24, 2.45) is 0 Å². The second-order valence-corrected chi connectivity index (χ2v) is 7.39. The molecule has 29 heavy (non-hydrogen) atoms. The molecule has 0 atom stereocenters. The number of fused-ring (bicyclic) bond motifs is 2. The fourth-order valence-corrected chi connectivity index (χ4v) is 3.84. The summed E-state index contributed by atoms with van der Waals surface area (Å²) in [5.41, 5.74) is 14.9. The van der Waals surface area contributed by atoms with Gasteiger partial charge in [-0.25, -0.2) is 0 Å². The number of nitrogens with two attached hydrogens (primary N) is 1. The molecule has 4 N–H and O–H groups in total. The molecule has 7 nitrogen and oxygen atoms in total. The van der Waals surface area contributed by atoms with Crippen molar-refractivity contribution >= 4 is 22.7 Å². The maximum atomic E-state index is 12.2. The first-order valence-electron chi connectivity index (χ1n) is 9.54. The highest BCUT2D eigenvalue weighted by Crippen LogP contribution is 2.20. The Morgan fingerprint density at radius 1 is 1.17 bits per heavy atom. The van der Waals surface area contributed by atoms with E-state index in [0.717, 1.165) is 24.9 Å². The first kappa shape index (κ1) is 17.3. The molecule has 0 fully saturated rings. The van der Waals surface area contributed by atoms with Crippen LogP contribution in [0.1, 0.15) is 16.7 Å². The molecule has 1 aliphatic heterocycles. The van der Waals surface area contributed by atoms with Gasteiger partial charge in [0.25, 0.3) is 11.3 Å². The zero-order valence-corrected chi connectivity index (χ0v) is 16.1. The fraction of sp³-hybridized carbons (Fsp3) is 0.182. The van der Waals surface area contributed by atoms with Crippen LogP contribution >= 0.6 is 0 Å². The Balaban J connectivity index is 1.24. The SMILES string of the molecule is CN(Cc1ccc(CCc2c[nH]c3nc(N)[nH]c(=O)c23)cc1)[N+]1=C2C=C=CC2=C1. The number of rotatable bonds is 6. The number of nitrogen functional groups attached to an aromatic ring is 1. The Bertz CT molecular complexity index is 1300. The van der Waals surface area contributed by atoms with Crippen LogP contribution in [0.4, 0.5) is 5.95 Å². The third kappa shape index (κ3) is 3.07. The topological polar surface area (TPSA) is 93.8 Å². The molecule has 2 aliphatic rings. The second-order valence-electron chi connectivity index (χ2n) is 7.39. The predicted octanol–water partition coefficient (Wildman–Crippen LogP) is 2.04. The van der Waals surface area contributed by atoms with Gasteiger partial charge in [0, 0.05) is 12.3 Å². The van der Waals surface area contributed by atoms with E-state index in [2.05, 4.69) is 67.9 Å². The van der Waals surface area contributed by atoms with Gasteiger partial charge in [0.15, 0.2) is 0 Å². The Morgan fingerprint density at radius 3 is 2.76 bits per heavy atom. The number of hydrazone groups is 1. The Morgan fingerprint density at radius 2 is 1.97 bits per heavy atom. The third-order valence-corrected chi connectivity index (χ3v) is 5.39. The fourth-order valence-electron chi connectivity index (χ4n) is 3.84. The molecule has 3 heterocycles. The molecule has 0 radical (unpaired) electrons. The zero-order valence-electron chi connectivity index (χ0n) is 16.1. The van der Waals surface area contributed by atoms with Crippen molar-refractivity contribution < 1.29 is 4.68 Å². The average molecular weight is 385 g/mol. The first-order valence-corrected chi connectivity index (χ1v) is 9.54. The van der Waals surface area contributed by atoms with E-state index in [9.17, 15) is 4.79 Å². The van der Waals surface area contributed by atoms with Crippen LogP contribution in [0.5, 0.6) is 0 Å². The van der Waals surface area contributed by atoms with Crippen LogP contribution in [-0.4, -0.2) is 37.4 Å². The molecule has 1 aliphatic carbocycles. The molecule has 0 bridgehead atoms. The lowest BCUT2D eigenvalue weighted by Gasteiger charge is -2.19. The molecule has 0 spiro atoms. The van der Waals surface area contributed by atoms with Crippen LogP contribution in [0.3, 0.4) is 0 Å². The number of hydrogen-bond acceptors (Lipinski definition) is 4. The quantitative estimate of drug-likeness (QED) is 0.447. The smallest absolute Gasteiger partial charge is 0.262 e. The minimum atomic E-state index is -0.199. The van der Waals surface area contributed by atoms with Crippen LogP contribution in [0.25, 0.3) is 11.0 Å². The lowest BCUT2D eigenvalue weighted by Crippen LogP contribution is -2.37. The summed E-state index contributed by atoms with van der Waals surface area (Å²) < 4.78 is 2.15. The number of H-pyrrole nitrogens is 2. The van der Waals surface area contributed by atoms with E-state index in [-0.39, 0.29) is 11.5 Å². The number of nitrogens with one attached hydrogen (secondary N) is 2. The van der Waals surface area contributed by atoms with E-state index in [0.29, 0.717) is 11.0 Å². The molecule has 3 aromatic rings. The van der Waals surface area contributed by atoms with E-state index >= 15 is 0 Å². The summed E-state index contributed by atoms with van der Waals surface area (Å²) in [7, 11) is 2.08. The zero-order chi connectivity index (χ0) is 20.0. The Labute approximate surface area is 167 Å². The highest BCUT2D eigenvalue weighted by Gasteiger charge is 2.31. The predicted molar refractivity (Wildman–Crippen MR) is 112 cm³/mol. The van der Waals surface area contributed by atoms with Crippen molar-refractivity contribution in [3.05, 3.63) is 87.2 Å². The van der Waals surface area contributed by atoms with Crippen molar-refractivity contribution in [3.8, 4) is 0 Å². The van der Waals surface area contributed by atoms with Gasteiger partial charge >= 0.3 is 0 Å². The van der Waals surface area contributed by atoms with Crippen LogP contribution in [0.2, 0.25) is 0 Å². The van der Waals surface area contributed by atoms with E-state index in [1.54, 1.807) is 0 Å². The number of aromatic amines is 2. The lowest BCUT2D eigenvalue weighted by atomic mass is 10.0. The minimum Gasteiger partial charge on any atom is -0.369 e. The van der Waals surface area contributed by atoms with Gasteiger partial charge in [-0.15, -0.1) is 5.73 Å². The summed E-state index contributed by atoms with van der Waals surface area (Å²) in [6.45, 7) is 0.826. The molecule has 2 aromatic heterocycles. The standard InChI is InChI=1S/C22H20N6O/c1-27(28-13-17-3-2-4-18(17)28)12-15-7-5-14(6-8-15)9-10-16-11-24-20-19(16)21(29)26-22(23)25-20/h3-8,11,13H,9-10,12H2,1H3,(H3-,23,24,25,26,29)/p+1. The molecule has 0 unspecified atom stereocenters. The summed E-state index contributed by atoms with van der Waals surface area (Å²) >= 11 is 0. The summed E-state index contributed by atoms with van der Waals surface area (Å²) in [6.07, 6.45) is 9.57. The molecule has 0 saturated heterocycles. The van der Waals surface area contributed by atoms with Gasteiger partial charge in [0.1, 0.15) is 11.2 Å². The largest absolute Gasteiger partial charge is 0.369 e. The molecule has 0 amide bonds. The number of hydrogen-bond donors (Lipinski definition) is 3. The van der Waals surface area contributed by atoms with Gasteiger partial charge in [-0.1, -0.05) is 28.9 Å². The van der Waals surface area contributed by atoms with Gasteiger partial charge in [-0.05, 0) is 29.5 Å². The number of benzene rings is 1. The van der Waals surface area contributed by atoms with Crippen LogP contribution < -0.4 is 11.3 Å². The number of allylic oxidation sites excluding steroid dienone is 2. The van der Waals surface area contributed by atoms with Crippen LogP contribution in [0.15, 0.2) is 64.9 Å². The maximum Gasteiger partial charge on any atom is 0.262 e. The van der Waals surface area contributed by atoms with Crippen LogP contribution in [-0.2, 0) is 19.4 Å². The minimum absolute atomic E-state index is 0.125. The summed E-state index contributed by atoms with van der Waals surface area (Å²) in [5, 5.41) is 2.77. The summed E-state index contributed by atoms with van der Waals surface area (Å²) in [5.74, 6) is 0.125. The normalized spacial score (nSPS) is 14.3. The number of nitrogens with zero attached hydrogens (tertiary/aromatic N) is 3. The Kier molecular flexibility index (Phi) is 3.96. The van der Waals surface area contributed by atoms with Gasteiger partial charge in [-0.3, -0.25) is 9.78 Å². The Hall–Kier alpha value is -3.83. The van der Waals surface area contributed by atoms with Crippen molar-refractivity contribution in [3.63, 3.8) is 0 Å². The number of hydrazine groups is 1. The average Bonchev–Trinajstić information content (AvgIpc) is 3.25. The summed E-state index contributed by atoms with van der Waals surface area (Å²) in [6, 6.07) is 8.63. The maximum absolute atomic E-state index is 12.2. The van der Waals surface area contributed by atoms with Gasteiger partial charge in [0.2, 0.25) is 12.1 Å². The molecule has 5 rings (SSSR count). The van der Waals surface area contributed by atoms with E-state index in [1.807, 2.05) is 18.3 Å². The third-order valence-electron chi connectivity index (χ3n) is 5.39. The van der Waals surface area contributed by atoms with Gasteiger partial charge in [-0.2, -0.15) is 9.99 Å². The van der Waals surface area contributed by atoms with Gasteiger partial charge < -0.3 is 10.7 Å². The number of anilines is 1. The first-order chi connectivity index (χ1) is 14.1. The number of aryl methyl sites for hydroxylation is 2. The highest BCUT2D eigenvalue weighted by molar-refractivity contribution is 6.11. The molecular formula is C22H21N6O+. The van der Waals surface area contributed by atoms with Gasteiger partial charge in [0.05, 0.1) is 25.1 Å². The summed E-state index contributed by atoms with van der Waals surface area (Å²) in [4.78, 5) is 21.9.